The molecule has 0 heterocycles. The van der Waals surface area contributed by atoms with Gasteiger partial charge in [0.25, 0.3) is 0 Å². The zero-order valence-electron chi connectivity index (χ0n) is 10.2. The first-order chi connectivity index (χ1) is 7.58. The van der Waals surface area contributed by atoms with Crippen molar-refractivity contribution in [3.8, 4) is 11.5 Å². The van der Waals surface area contributed by atoms with Crippen LogP contribution in [-0.2, 0) is 0 Å². The molecule has 0 aliphatic rings. The van der Waals surface area contributed by atoms with Crippen LogP contribution in [0.4, 0.5) is 0 Å². The van der Waals surface area contributed by atoms with E-state index in [2.05, 4.69) is 0 Å². The summed E-state index contributed by atoms with van der Waals surface area (Å²) in [5, 5.41) is 9.94. The second-order valence-corrected chi connectivity index (χ2v) is 3.89. The van der Waals surface area contributed by atoms with Crippen LogP contribution in [0.5, 0.6) is 11.5 Å². The van der Waals surface area contributed by atoms with E-state index in [0.717, 1.165) is 5.56 Å². The van der Waals surface area contributed by atoms with Gasteiger partial charge >= 0.3 is 0 Å². The lowest BCUT2D eigenvalue weighted by molar-refractivity contribution is 0.138. The van der Waals surface area contributed by atoms with E-state index in [0.29, 0.717) is 18.0 Å². The summed E-state index contributed by atoms with van der Waals surface area (Å²) in [5.74, 6) is 1.31. The van der Waals surface area contributed by atoms with Crippen molar-refractivity contribution in [3.05, 3.63) is 23.8 Å². The SMILES string of the molecule is COc1ccc(C(O)CN(C)C)cc1OC. The Hall–Kier alpha value is -1.26. The van der Waals surface area contributed by atoms with Crippen molar-refractivity contribution in [3.63, 3.8) is 0 Å². The molecule has 1 N–H and O–H groups in total. The molecule has 16 heavy (non-hydrogen) atoms. The third-order valence-electron chi connectivity index (χ3n) is 2.33. The minimum Gasteiger partial charge on any atom is -0.493 e. The summed E-state index contributed by atoms with van der Waals surface area (Å²) in [5.41, 5.74) is 0.825. The average Bonchev–Trinajstić information content (AvgIpc) is 2.27. The second kappa shape index (κ2) is 5.72. The predicted octanol–water partition coefficient (Wildman–Crippen LogP) is 1.30. The topological polar surface area (TPSA) is 41.9 Å². The van der Waals surface area contributed by atoms with Crippen molar-refractivity contribution in [2.45, 2.75) is 6.10 Å². The van der Waals surface area contributed by atoms with Crippen molar-refractivity contribution < 1.29 is 14.6 Å². The first-order valence-corrected chi connectivity index (χ1v) is 5.13. The normalized spacial score (nSPS) is 12.6. The van der Waals surface area contributed by atoms with Crippen molar-refractivity contribution >= 4 is 0 Å². The fourth-order valence-corrected chi connectivity index (χ4v) is 1.51. The molecule has 0 spiro atoms. The number of methoxy groups -OCH3 is 2. The summed E-state index contributed by atoms with van der Waals surface area (Å²) in [7, 11) is 7.02. The zero-order chi connectivity index (χ0) is 12.1. The molecule has 0 saturated heterocycles. The summed E-state index contributed by atoms with van der Waals surface area (Å²) in [6, 6.07) is 5.44. The van der Waals surface area contributed by atoms with Gasteiger partial charge in [0, 0.05) is 6.54 Å². The van der Waals surface area contributed by atoms with Crippen molar-refractivity contribution in [1.29, 1.82) is 0 Å². The summed E-state index contributed by atoms with van der Waals surface area (Å²) in [6.07, 6.45) is -0.519. The van der Waals surface area contributed by atoms with Gasteiger partial charge in [-0.15, -0.1) is 0 Å². The van der Waals surface area contributed by atoms with E-state index >= 15 is 0 Å². The number of benzene rings is 1. The molecule has 4 heteroatoms. The van der Waals surface area contributed by atoms with Crippen LogP contribution in [0.3, 0.4) is 0 Å². The van der Waals surface area contributed by atoms with Crippen LogP contribution >= 0.6 is 0 Å². The molecule has 0 bridgehead atoms. The first kappa shape index (κ1) is 12.8. The van der Waals surface area contributed by atoms with Crippen molar-refractivity contribution in [2.75, 3.05) is 34.9 Å². The molecule has 90 valence electrons. The number of hydrogen-bond acceptors (Lipinski definition) is 4. The number of ether oxygens (including phenoxy) is 2. The lowest BCUT2D eigenvalue weighted by Gasteiger charge is -2.17. The van der Waals surface area contributed by atoms with Crippen molar-refractivity contribution in [1.82, 2.24) is 4.90 Å². The smallest absolute Gasteiger partial charge is 0.161 e. The Kier molecular flexibility index (Phi) is 4.58. The van der Waals surface area contributed by atoms with Crippen LogP contribution in [-0.4, -0.2) is 44.9 Å². The molecule has 0 radical (unpaired) electrons. The summed E-state index contributed by atoms with van der Waals surface area (Å²) in [4.78, 5) is 1.93. The summed E-state index contributed by atoms with van der Waals surface area (Å²) < 4.78 is 10.3. The van der Waals surface area contributed by atoms with E-state index < -0.39 is 6.10 Å². The molecule has 0 saturated carbocycles. The van der Waals surface area contributed by atoms with Crippen LogP contribution in [0.1, 0.15) is 11.7 Å². The Labute approximate surface area is 96.4 Å². The Balaban J connectivity index is 2.89. The van der Waals surface area contributed by atoms with Gasteiger partial charge < -0.3 is 19.5 Å². The fourth-order valence-electron chi connectivity index (χ4n) is 1.51. The summed E-state index contributed by atoms with van der Waals surface area (Å²) >= 11 is 0. The molecule has 1 aromatic rings. The number of rotatable bonds is 5. The molecule has 0 fully saturated rings. The summed E-state index contributed by atoms with van der Waals surface area (Å²) in [6.45, 7) is 0.579. The molecule has 0 aliphatic carbocycles. The maximum Gasteiger partial charge on any atom is 0.161 e. The Morgan fingerprint density at radius 3 is 2.31 bits per heavy atom. The molecule has 4 nitrogen and oxygen atoms in total. The van der Waals surface area contributed by atoms with E-state index in [4.69, 9.17) is 9.47 Å². The molecule has 0 aliphatic heterocycles. The molecule has 1 aromatic carbocycles. The minimum atomic E-state index is -0.519. The number of aliphatic hydroxyl groups is 1. The largest absolute Gasteiger partial charge is 0.493 e. The van der Waals surface area contributed by atoms with Gasteiger partial charge in [0.1, 0.15) is 0 Å². The number of likely N-dealkylation sites (N-methyl/N-ethyl adjacent to an activating group) is 1. The maximum absolute atomic E-state index is 9.94. The van der Waals surface area contributed by atoms with Crippen molar-refractivity contribution in [2.24, 2.45) is 0 Å². The Bertz CT molecular complexity index is 339. The highest BCUT2D eigenvalue weighted by Crippen LogP contribution is 2.29. The van der Waals surface area contributed by atoms with E-state index in [1.54, 1.807) is 26.4 Å². The molecular formula is C12H19NO3. The van der Waals surface area contributed by atoms with Crippen LogP contribution in [0.2, 0.25) is 0 Å². The molecule has 1 unspecified atom stereocenters. The molecule has 0 amide bonds. The van der Waals surface area contributed by atoms with Gasteiger partial charge in [-0.05, 0) is 31.8 Å². The number of hydrogen-bond donors (Lipinski definition) is 1. The molecule has 1 rings (SSSR count). The van der Waals surface area contributed by atoms with Crippen LogP contribution in [0, 0.1) is 0 Å². The lowest BCUT2D eigenvalue weighted by atomic mass is 10.1. The number of aliphatic hydroxyl groups excluding tert-OH is 1. The zero-order valence-corrected chi connectivity index (χ0v) is 10.2. The lowest BCUT2D eigenvalue weighted by Crippen LogP contribution is -2.20. The molecule has 0 aromatic heterocycles. The third kappa shape index (κ3) is 3.12. The molecule has 1 atom stereocenters. The van der Waals surface area contributed by atoms with Gasteiger partial charge in [-0.25, -0.2) is 0 Å². The van der Waals surface area contributed by atoms with Gasteiger partial charge in [0.05, 0.1) is 20.3 Å². The van der Waals surface area contributed by atoms with Gasteiger partial charge in [-0.2, -0.15) is 0 Å². The molecular weight excluding hydrogens is 206 g/mol. The van der Waals surface area contributed by atoms with E-state index in [-0.39, 0.29) is 0 Å². The van der Waals surface area contributed by atoms with E-state index in [1.807, 2.05) is 25.1 Å². The van der Waals surface area contributed by atoms with Gasteiger partial charge in [-0.3, -0.25) is 0 Å². The quantitative estimate of drug-likeness (QED) is 0.820. The van der Waals surface area contributed by atoms with E-state index in [9.17, 15) is 5.11 Å². The van der Waals surface area contributed by atoms with E-state index in [1.165, 1.54) is 0 Å². The monoisotopic (exact) mass is 225 g/mol. The van der Waals surface area contributed by atoms with Crippen LogP contribution < -0.4 is 9.47 Å². The maximum atomic E-state index is 9.94. The highest BCUT2D eigenvalue weighted by Gasteiger charge is 2.12. The van der Waals surface area contributed by atoms with Gasteiger partial charge in [-0.1, -0.05) is 6.07 Å². The minimum absolute atomic E-state index is 0.519. The highest BCUT2D eigenvalue weighted by atomic mass is 16.5. The fraction of sp³-hybridized carbons (Fsp3) is 0.500. The standard InChI is InChI=1S/C12H19NO3/c1-13(2)8-10(14)9-5-6-11(15-3)12(7-9)16-4/h5-7,10,14H,8H2,1-4H3. The Morgan fingerprint density at radius 1 is 1.19 bits per heavy atom. The van der Waals surface area contributed by atoms with Crippen LogP contribution in [0.25, 0.3) is 0 Å². The third-order valence-corrected chi connectivity index (χ3v) is 2.33. The predicted molar refractivity (Wildman–Crippen MR) is 63.1 cm³/mol. The Morgan fingerprint density at radius 2 is 1.81 bits per heavy atom. The average molecular weight is 225 g/mol. The second-order valence-electron chi connectivity index (χ2n) is 3.89. The van der Waals surface area contributed by atoms with Gasteiger partial charge in [0.2, 0.25) is 0 Å². The van der Waals surface area contributed by atoms with Gasteiger partial charge in [0.15, 0.2) is 11.5 Å². The number of nitrogens with zero attached hydrogens (tertiary/aromatic N) is 1. The first-order valence-electron chi connectivity index (χ1n) is 5.13. The van der Waals surface area contributed by atoms with Crippen LogP contribution in [0.15, 0.2) is 18.2 Å². The highest BCUT2D eigenvalue weighted by molar-refractivity contribution is 5.43.